The van der Waals surface area contributed by atoms with Crippen molar-refractivity contribution in [1.29, 1.82) is 0 Å². The van der Waals surface area contributed by atoms with E-state index in [9.17, 15) is 5.11 Å². The first kappa shape index (κ1) is 21.6. The zero-order valence-electron chi connectivity index (χ0n) is 18.5. The van der Waals surface area contributed by atoms with Crippen LogP contribution in [0.3, 0.4) is 0 Å². The molecule has 0 saturated carbocycles. The Kier molecular flexibility index (Phi) is 5.82. The van der Waals surface area contributed by atoms with Crippen LogP contribution in [0, 0.1) is 11.8 Å². The van der Waals surface area contributed by atoms with Crippen LogP contribution in [-0.2, 0) is 6.54 Å². The van der Waals surface area contributed by atoms with E-state index < -0.39 is 6.10 Å². The summed E-state index contributed by atoms with van der Waals surface area (Å²) >= 11 is 3.76. The average molecular weight is 494 g/mol. The highest BCUT2D eigenvalue weighted by molar-refractivity contribution is 9.10. The van der Waals surface area contributed by atoms with Crippen molar-refractivity contribution in [3.8, 4) is 5.75 Å². The van der Waals surface area contributed by atoms with Crippen molar-refractivity contribution < 1.29 is 14.3 Å². The Morgan fingerprint density at radius 1 is 1.28 bits per heavy atom. The van der Waals surface area contributed by atoms with Gasteiger partial charge in [0.1, 0.15) is 24.4 Å². The molecule has 4 nitrogen and oxygen atoms in total. The van der Waals surface area contributed by atoms with Crippen molar-refractivity contribution in [3.63, 3.8) is 0 Å². The number of quaternary nitrogens is 1. The van der Waals surface area contributed by atoms with E-state index in [-0.39, 0.29) is 6.04 Å². The molecule has 3 aliphatic heterocycles. The smallest absolute Gasteiger partial charge is 0.131 e. The van der Waals surface area contributed by atoms with Crippen molar-refractivity contribution >= 4 is 26.8 Å². The molecule has 5 atom stereocenters. The summed E-state index contributed by atoms with van der Waals surface area (Å²) in [7, 11) is 1.67. The lowest BCUT2D eigenvalue weighted by molar-refractivity contribution is -0.985. The predicted octanol–water partition coefficient (Wildman–Crippen LogP) is 5.65. The van der Waals surface area contributed by atoms with Crippen molar-refractivity contribution in [3.05, 3.63) is 83.0 Å². The number of halogens is 1. The lowest BCUT2D eigenvalue weighted by atomic mass is 9.71. The SMILES string of the molecule is C=C[C@H]1C[N+]2(Cc3ccccc3Br)CC[C@H]1C[C@H]2[C@@H](O)c1ccnc2ccc(OC)cc12. The summed E-state index contributed by atoms with van der Waals surface area (Å²) in [5.74, 6) is 1.88. The maximum Gasteiger partial charge on any atom is 0.131 e. The standard InChI is InChI=1S/C27H30BrN2O2/c1-3-18-16-30(17-20-6-4-5-7-24(20)28)13-11-19(18)14-26(30)27(31)22-10-12-29-25-9-8-21(32-2)15-23(22)25/h3-10,12,15,18-19,26-27,31H,1,11,13-14,16-17H2,2H3/q+1/t18-,19-,26-,27-,30?/m0/s1. The molecule has 5 heteroatoms. The summed E-state index contributed by atoms with van der Waals surface area (Å²) in [6.45, 7) is 7.17. The van der Waals surface area contributed by atoms with Crippen LogP contribution in [0.25, 0.3) is 10.9 Å². The summed E-state index contributed by atoms with van der Waals surface area (Å²) in [5.41, 5.74) is 3.14. The monoisotopic (exact) mass is 493 g/mol. The molecule has 1 aromatic heterocycles. The zero-order valence-corrected chi connectivity index (χ0v) is 20.0. The fourth-order valence-electron chi connectivity index (χ4n) is 6.09. The molecule has 2 aromatic carbocycles. The Labute approximate surface area is 198 Å². The maximum absolute atomic E-state index is 11.9. The first-order valence-corrected chi connectivity index (χ1v) is 12.2. The molecule has 32 heavy (non-hydrogen) atoms. The number of nitrogens with zero attached hydrogens (tertiary/aromatic N) is 2. The number of aromatic nitrogens is 1. The number of hydrogen-bond acceptors (Lipinski definition) is 3. The van der Waals surface area contributed by atoms with Gasteiger partial charge < -0.3 is 14.3 Å². The first-order chi connectivity index (χ1) is 15.5. The fourth-order valence-corrected chi connectivity index (χ4v) is 6.50. The third-order valence-electron chi connectivity index (χ3n) is 7.78. The summed E-state index contributed by atoms with van der Waals surface area (Å²) in [6.07, 6.45) is 5.59. The van der Waals surface area contributed by atoms with E-state index in [1.807, 2.05) is 30.5 Å². The largest absolute Gasteiger partial charge is 0.497 e. The number of rotatable bonds is 6. The molecule has 3 aliphatic rings. The molecule has 3 fully saturated rings. The van der Waals surface area contributed by atoms with Gasteiger partial charge in [0.25, 0.3) is 0 Å². The van der Waals surface area contributed by atoms with Gasteiger partial charge in [0.2, 0.25) is 0 Å². The van der Waals surface area contributed by atoms with E-state index in [2.05, 4.69) is 57.8 Å². The minimum atomic E-state index is -0.566. The molecule has 0 radical (unpaired) electrons. The molecule has 3 saturated heterocycles. The van der Waals surface area contributed by atoms with Gasteiger partial charge in [-0.1, -0.05) is 40.2 Å². The van der Waals surface area contributed by atoms with Crippen LogP contribution < -0.4 is 4.74 Å². The normalized spacial score (nSPS) is 27.9. The lowest BCUT2D eigenvalue weighted by Crippen LogP contribution is -2.67. The number of hydrogen-bond donors (Lipinski definition) is 1. The van der Waals surface area contributed by atoms with E-state index in [0.717, 1.165) is 57.2 Å². The van der Waals surface area contributed by atoms with Crippen LogP contribution in [0.1, 0.15) is 30.1 Å². The topological polar surface area (TPSA) is 42.4 Å². The van der Waals surface area contributed by atoms with Gasteiger partial charge in [0.15, 0.2) is 0 Å². The number of methoxy groups -OCH3 is 1. The zero-order chi connectivity index (χ0) is 22.3. The van der Waals surface area contributed by atoms with Crippen LogP contribution in [-0.4, -0.2) is 40.8 Å². The number of aliphatic hydroxyl groups excluding tert-OH is 1. The van der Waals surface area contributed by atoms with Crippen LogP contribution in [0.4, 0.5) is 0 Å². The van der Waals surface area contributed by atoms with E-state index in [1.54, 1.807) is 7.11 Å². The third-order valence-corrected chi connectivity index (χ3v) is 8.56. The van der Waals surface area contributed by atoms with Gasteiger partial charge in [0, 0.05) is 40.4 Å². The van der Waals surface area contributed by atoms with Gasteiger partial charge >= 0.3 is 0 Å². The molecule has 3 aromatic rings. The molecule has 1 N–H and O–H groups in total. The van der Waals surface area contributed by atoms with Crippen LogP contribution in [0.2, 0.25) is 0 Å². The quantitative estimate of drug-likeness (QED) is 0.356. The van der Waals surface area contributed by atoms with E-state index in [1.165, 1.54) is 12.0 Å². The maximum atomic E-state index is 11.9. The number of ether oxygens (including phenoxy) is 1. The Morgan fingerprint density at radius 3 is 2.91 bits per heavy atom. The summed E-state index contributed by atoms with van der Waals surface area (Å²) in [6, 6.07) is 16.5. The second kappa shape index (κ2) is 8.62. The van der Waals surface area contributed by atoms with Gasteiger partial charge in [-0.2, -0.15) is 0 Å². The number of benzene rings is 2. The average Bonchev–Trinajstić information content (AvgIpc) is 2.84. The highest BCUT2D eigenvalue weighted by Crippen LogP contribution is 2.48. The fraction of sp³-hybridized carbons (Fsp3) is 0.370. The second-order valence-electron chi connectivity index (χ2n) is 9.35. The number of fused-ring (bicyclic) bond motifs is 4. The molecule has 166 valence electrons. The number of piperidine rings is 3. The molecule has 1 unspecified atom stereocenters. The Morgan fingerprint density at radius 2 is 2.12 bits per heavy atom. The van der Waals surface area contributed by atoms with Gasteiger partial charge in [0.05, 0.1) is 25.7 Å². The second-order valence-corrected chi connectivity index (χ2v) is 10.2. The summed E-state index contributed by atoms with van der Waals surface area (Å²) < 4.78 is 7.50. The number of aliphatic hydroxyl groups is 1. The molecular formula is C27H30BrN2O2+. The molecule has 0 amide bonds. The van der Waals surface area contributed by atoms with E-state index in [4.69, 9.17) is 4.74 Å². The van der Waals surface area contributed by atoms with Gasteiger partial charge in [-0.25, -0.2) is 0 Å². The third kappa shape index (κ3) is 3.66. The molecule has 0 aliphatic carbocycles. The molecular weight excluding hydrogens is 464 g/mol. The first-order valence-electron chi connectivity index (χ1n) is 11.4. The van der Waals surface area contributed by atoms with Gasteiger partial charge in [-0.15, -0.1) is 6.58 Å². The lowest BCUT2D eigenvalue weighted by Gasteiger charge is -2.58. The highest BCUT2D eigenvalue weighted by atomic mass is 79.9. The van der Waals surface area contributed by atoms with Gasteiger partial charge in [-0.05, 0) is 41.8 Å². The van der Waals surface area contributed by atoms with Crippen LogP contribution in [0.15, 0.2) is 71.9 Å². The molecule has 4 heterocycles. The summed E-state index contributed by atoms with van der Waals surface area (Å²) in [5, 5.41) is 12.9. The molecule has 6 rings (SSSR count). The minimum Gasteiger partial charge on any atom is -0.497 e. The molecule has 2 bridgehead atoms. The van der Waals surface area contributed by atoms with Crippen molar-refractivity contribution in [2.24, 2.45) is 11.8 Å². The van der Waals surface area contributed by atoms with Crippen LogP contribution in [0.5, 0.6) is 5.75 Å². The Hall–Kier alpha value is -2.21. The van der Waals surface area contributed by atoms with E-state index >= 15 is 0 Å². The number of pyridine rings is 1. The van der Waals surface area contributed by atoms with Crippen molar-refractivity contribution in [2.45, 2.75) is 31.5 Å². The van der Waals surface area contributed by atoms with Crippen LogP contribution >= 0.6 is 15.9 Å². The van der Waals surface area contributed by atoms with E-state index in [0.29, 0.717) is 11.8 Å². The van der Waals surface area contributed by atoms with Crippen molar-refractivity contribution in [2.75, 3.05) is 20.2 Å². The summed E-state index contributed by atoms with van der Waals surface area (Å²) in [4.78, 5) is 4.52. The van der Waals surface area contributed by atoms with Crippen molar-refractivity contribution in [1.82, 2.24) is 4.98 Å². The Bertz CT molecular complexity index is 1150. The van der Waals surface area contributed by atoms with Gasteiger partial charge in [-0.3, -0.25) is 4.98 Å². The highest BCUT2D eigenvalue weighted by Gasteiger charge is 2.54. The minimum absolute atomic E-state index is 0.133. The Balaban J connectivity index is 1.57. The predicted molar refractivity (Wildman–Crippen MR) is 131 cm³/mol. The molecule has 0 spiro atoms.